The summed E-state index contributed by atoms with van der Waals surface area (Å²) in [5.41, 5.74) is 3.23. The maximum atomic E-state index is 13.7. The molecule has 1 aliphatic heterocycles. The highest BCUT2D eigenvalue weighted by Gasteiger charge is 2.19. The van der Waals surface area contributed by atoms with Gasteiger partial charge in [-0.1, -0.05) is 43.3 Å². The Morgan fingerprint density at radius 2 is 1.96 bits per heavy atom. The zero-order valence-electron chi connectivity index (χ0n) is 14.0. The van der Waals surface area contributed by atoms with Gasteiger partial charge in [0.15, 0.2) is 0 Å². The molecule has 3 rings (SSSR count). The van der Waals surface area contributed by atoms with E-state index in [0.717, 1.165) is 19.5 Å². The molecule has 1 atom stereocenters. The van der Waals surface area contributed by atoms with Crippen molar-refractivity contribution in [3.05, 3.63) is 65.5 Å². The quantitative estimate of drug-likeness (QED) is 0.884. The van der Waals surface area contributed by atoms with Gasteiger partial charge in [-0.15, -0.1) is 0 Å². The van der Waals surface area contributed by atoms with Gasteiger partial charge in [-0.25, -0.2) is 4.39 Å². The van der Waals surface area contributed by atoms with Gasteiger partial charge >= 0.3 is 0 Å². The number of hydrogen-bond donors (Lipinski definition) is 1. The molecule has 1 heterocycles. The van der Waals surface area contributed by atoms with Crippen molar-refractivity contribution in [3.8, 4) is 0 Å². The minimum atomic E-state index is -0.245. The van der Waals surface area contributed by atoms with Gasteiger partial charge in [0.1, 0.15) is 5.82 Å². The summed E-state index contributed by atoms with van der Waals surface area (Å²) in [6, 6.07) is 15.0. The second-order valence-corrected chi connectivity index (χ2v) is 6.35. The minimum absolute atomic E-state index is 0.0225. The van der Waals surface area contributed by atoms with Crippen molar-refractivity contribution in [2.24, 2.45) is 5.92 Å². The van der Waals surface area contributed by atoms with Crippen molar-refractivity contribution >= 4 is 11.6 Å². The Hall–Kier alpha value is -2.36. The van der Waals surface area contributed by atoms with E-state index in [9.17, 15) is 9.18 Å². The zero-order chi connectivity index (χ0) is 16.9. The Labute approximate surface area is 142 Å². The molecule has 2 aromatic rings. The summed E-state index contributed by atoms with van der Waals surface area (Å²) in [5.74, 6) is -0.510. The number of para-hydroxylation sites is 1. The van der Waals surface area contributed by atoms with E-state index in [1.165, 1.54) is 17.3 Å². The van der Waals surface area contributed by atoms with E-state index in [0.29, 0.717) is 18.5 Å². The summed E-state index contributed by atoms with van der Waals surface area (Å²) in [5, 5.41) is 2.98. The highest BCUT2D eigenvalue weighted by molar-refractivity contribution is 5.78. The van der Waals surface area contributed by atoms with Crippen LogP contribution in [-0.2, 0) is 17.6 Å². The van der Waals surface area contributed by atoms with E-state index in [1.54, 1.807) is 18.2 Å². The van der Waals surface area contributed by atoms with Crippen LogP contribution in [0, 0.1) is 11.7 Å². The van der Waals surface area contributed by atoms with E-state index >= 15 is 0 Å². The normalized spacial score (nSPS) is 14.3. The monoisotopic (exact) mass is 326 g/mol. The molecule has 2 aromatic carbocycles. The molecule has 0 bridgehead atoms. The fourth-order valence-electron chi connectivity index (χ4n) is 3.21. The molecule has 1 amide bonds. The van der Waals surface area contributed by atoms with Crippen LogP contribution in [0.15, 0.2) is 48.5 Å². The van der Waals surface area contributed by atoms with Crippen LogP contribution in [0.5, 0.6) is 0 Å². The fourth-order valence-corrected chi connectivity index (χ4v) is 3.21. The molecule has 0 saturated heterocycles. The fraction of sp³-hybridized carbons (Fsp3) is 0.350. The molecule has 1 aliphatic rings. The third-order valence-corrected chi connectivity index (χ3v) is 4.60. The highest BCUT2D eigenvalue weighted by Crippen LogP contribution is 2.26. The summed E-state index contributed by atoms with van der Waals surface area (Å²) in [6.07, 6.45) is 1.48. The first-order valence-electron chi connectivity index (χ1n) is 8.49. The molecule has 0 fully saturated rings. The lowest BCUT2D eigenvalue weighted by Crippen LogP contribution is -2.37. The number of benzene rings is 2. The molecular weight excluding hydrogens is 303 g/mol. The van der Waals surface area contributed by atoms with Gasteiger partial charge in [0.2, 0.25) is 5.91 Å². The van der Waals surface area contributed by atoms with Crippen molar-refractivity contribution in [2.75, 3.05) is 24.5 Å². The number of carbonyl (C=O) groups is 1. The topological polar surface area (TPSA) is 32.3 Å². The Bertz CT molecular complexity index is 716. The lowest BCUT2D eigenvalue weighted by atomic mass is 10.00. The number of halogens is 1. The van der Waals surface area contributed by atoms with Crippen LogP contribution in [0.25, 0.3) is 0 Å². The number of rotatable bonds is 6. The number of anilines is 1. The van der Waals surface area contributed by atoms with Crippen molar-refractivity contribution in [2.45, 2.75) is 19.8 Å². The number of nitrogens with one attached hydrogen (secondary N) is 1. The number of carbonyl (C=O) groups excluding carboxylic acids is 1. The molecule has 0 aromatic heterocycles. The maximum absolute atomic E-state index is 13.7. The second-order valence-electron chi connectivity index (χ2n) is 6.35. The molecule has 0 aliphatic carbocycles. The summed E-state index contributed by atoms with van der Waals surface area (Å²) in [7, 11) is 0. The molecule has 0 spiro atoms. The van der Waals surface area contributed by atoms with Crippen LogP contribution < -0.4 is 10.2 Å². The Morgan fingerprint density at radius 3 is 2.79 bits per heavy atom. The van der Waals surface area contributed by atoms with E-state index in [-0.39, 0.29) is 17.6 Å². The van der Waals surface area contributed by atoms with Gasteiger partial charge in [-0.3, -0.25) is 4.79 Å². The largest absolute Gasteiger partial charge is 0.369 e. The van der Waals surface area contributed by atoms with Crippen molar-refractivity contribution < 1.29 is 9.18 Å². The SMILES string of the molecule is CC(Cc1ccccc1F)C(=O)NCCN1CCc2ccccc21. The zero-order valence-corrected chi connectivity index (χ0v) is 14.0. The predicted molar refractivity (Wildman–Crippen MR) is 94.6 cm³/mol. The maximum Gasteiger partial charge on any atom is 0.223 e. The average Bonchev–Trinajstić information content (AvgIpc) is 3.00. The van der Waals surface area contributed by atoms with Crippen molar-refractivity contribution in [1.29, 1.82) is 0 Å². The average molecular weight is 326 g/mol. The highest BCUT2D eigenvalue weighted by atomic mass is 19.1. The van der Waals surface area contributed by atoms with Crippen LogP contribution in [-0.4, -0.2) is 25.5 Å². The standard InChI is InChI=1S/C20H23FN2O/c1-15(14-17-7-2-4-8-18(17)21)20(24)22-11-13-23-12-10-16-6-3-5-9-19(16)23/h2-9,15H,10-14H2,1H3,(H,22,24). The van der Waals surface area contributed by atoms with Gasteiger partial charge in [0, 0.05) is 31.2 Å². The van der Waals surface area contributed by atoms with Crippen LogP contribution in [0.4, 0.5) is 10.1 Å². The summed E-state index contributed by atoms with van der Waals surface area (Å²) in [4.78, 5) is 14.5. The Kier molecular flexibility index (Phi) is 5.14. The molecular formula is C20H23FN2O. The lowest BCUT2D eigenvalue weighted by molar-refractivity contribution is -0.124. The molecule has 24 heavy (non-hydrogen) atoms. The Morgan fingerprint density at radius 1 is 1.21 bits per heavy atom. The smallest absolute Gasteiger partial charge is 0.223 e. The van der Waals surface area contributed by atoms with Crippen LogP contribution in [0.2, 0.25) is 0 Å². The third-order valence-electron chi connectivity index (χ3n) is 4.60. The first-order chi connectivity index (χ1) is 11.6. The number of fused-ring (bicyclic) bond motifs is 1. The lowest BCUT2D eigenvalue weighted by Gasteiger charge is -2.20. The second kappa shape index (κ2) is 7.47. The number of nitrogens with zero attached hydrogens (tertiary/aromatic N) is 1. The van der Waals surface area contributed by atoms with Gasteiger partial charge in [-0.2, -0.15) is 0 Å². The van der Waals surface area contributed by atoms with Gasteiger partial charge < -0.3 is 10.2 Å². The van der Waals surface area contributed by atoms with Gasteiger partial charge in [0.25, 0.3) is 0 Å². The van der Waals surface area contributed by atoms with E-state index in [1.807, 2.05) is 13.0 Å². The number of hydrogen-bond acceptors (Lipinski definition) is 2. The van der Waals surface area contributed by atoms with E-state index in [4.69, 9.17) is 0 Å². The van der Waals surface area contributed by atoms with Gasteiger partial charge in [-0.05, 0) is 36.1 Å². The van der Waals surface area contributed by atoms with Crippen LogP contribution in [0.1, 0.15) is 18.1 Å². The Balaban J connectivity index is 1.47. The molecule has 3 nitrogen and oxygen atoms in total. The van der Waals surface area contributed by atoms with Gasteiger partial charge in [0.05, 0.1) is 0 Å². The molecule has 0 radical (unpaired) electrons. The number of amides is 1. The first kappa shape index (κ1) is 16.5. The third kappa shape index (κ3) is 3.75. The summed E-state index contributed by atoms with van der Waals surface area (Å²) < 4.78 is 13.7. The summed E-state index contributed by atoms with van der Waals surface area (Å²) >= 11 is 0. The molecule has 126 valence electrons. The van der Waals surface area contributed by atoms with Crippen molar-refractivity contribution in [3.63, 3.8) is 0 Å². The van der Waals surface area contributed by atoms with Crippen molar-refractivity contribution in [1.82, 2.24) is 5.32 Å². The first-order valence-corrected chi connectivity index (χ1v) is 8.49. The van der Waals surface area contributed by atoms with E-state index in [2.05, 4.69) is 28.4 Å². The summed E-state index contributed by atoms with van der Waals surface area (Å²) in [6.45, 7) is 4.25. The van der Waals surface area contributed by atoms with Crippen LogP contribution >= 0.6 is 0 Å². The molecule has 1 unspecified atom stereocenters. The predicted octanol–water partition coefficient (Wildman–Crippen LogP) is 3.18. The van der Waals surface area contributed by atoms with E-state index < -0.39 is 0 Å². The minimum Gasteiger partial charge on any atom is -0.369 e. The van der Waals surface area contributed by atoms with Crippen LogP contribution in [0.3, 0.4) is 0 Å². The molecule has 1 N–H and O–H groups in total. The molecule has 0 saturated carbocycles. The molecule has 4 heteroatoms.